The van der Waals surface area contributed by atoms with E-state index >= 15 is 0 Å². The Morgan fingerprint density at radius 2 is 2.20 bits per heavy atom. The summed E-state index contributed by atoms with van der Waals surface area (Å²) in [5.74, 6) is 0.0865. The van der Waals surface area contributed by atoms with Gasteiger partial charge >= 0.3 is 5.97 Å². The van der Waals surface area contributed by atoms with Crippen molar-refractivity contribution in [3.8, 4) is 0 Å². The Balaban J connectivity index is 2.37. The number of carbonyl (C=O) groups is 2. The van der Waals surface area contributed by atoms with Crippen LogP contribution in [0.15, 0.2) is 0 Å². The first-order valence-corrected chi connectivity index (χ1v) is 5.67. The molecule has 1 fully saturated rings. The molecule has 1 unspecified atom stereocenters. The van der Waals surface area contributed by atoms with E-state index in [2.05, 4.69) is 0 Å². The van der Waals surface area contributed by atoms with Gasteiger partial charge in [-0.05, 0) is 19.3 Å². The topological polar surface area (TPSA) is 43.4 Å². The van der Waals surface area contributed by atoms with Gasteiger partial charge in [0, 0.05) is 11.8 Å². The summed E-state index contributed by atoms with van der Waals surface area (Å²) in [5.41, 5.74) is -0.248. The summed E-state index contributed by atoms with van der Waals surface area (Å²) in [6, 6.07) is 0. The van der Waals surface area contributed by atoms with Crippen molar-refractivity contribution in [1.82, 2.24) is 0 Å². The molecule has 3 heteroatoms. The Kier molecular flexibility index (Phi) is 3.89. The number of esters is 1. The Morgan fingerprint density at radius 3 is 2.67 bits per heavy atom. The predicted molar refractivity (Wildman–Crippen MR) is 57.4 cm³/mol. The molecule has 0 radical (unpaired) electrons. The van der Waals surface area contributed by atoms with Crippen molar-refractivity contribution < 1.29 is 14.3 Å². The van der Waals surface area contributed by atoms with Gasteiger partial charge in [0.05, 0.1) is 12.5 Å². The first kappa shape index (κ1) is 12.2. The van der Waals surface area contributed by atoms with Gasteiger partial charge in [0.25, 0.3) is 0 Å². The van der Waals surface area contributed by atoms with E-state index in [0.717, 1.165) is 12.8 Å². The number of hydrogen-bond acceptors (Lipinski definition) is 3. The van der Waals surface area contributed by atoms with Crippen molar-refractivity contribution in [3.05, 3.63) is 0 Å². The second-order valence-electron chi connectivity index (χ2n) is 4.85. The maximum Gasteiger partial charge on any atom is 0.309 e. The molecular formula is C12H20O3. The molecule has 3 nitrogen and oxygen atoms in total. The summed E-state index contributed by atoms with van der Waals surface area (Å²) in [7, 11) is 0. The lowest BCUT2D eigenvalue weighted by Gasteiger charge is -2.21. The molecule has 0 aromatic heterocycles. The third kappa shape index (κ3) is 3.05. The zero-order valence-corrected chi connectivity index (χ0v) is 9.84. The van der Waals surface area contributed by atoms with Gasteiger partial charge in [-0.25, -0.2) is 0 Å². The summed E-state index contributed by atoms with van der Waals surface area (Å²) in [6.07, 6.45) is 2.78. The molecule has 0 aromatic carbocycles. The molecule has 0 aliphatic carbocycles. The average Bonchev–Trinajstić information content (AvgIpc) is 2.60. The van der Waals surface area contributed by atoms with Crippen LogP contribution in [0.4, 0.5) is 0 Å². The zero-order valence-electron chi connectivity index (χ0n) is 9.84. The van der Waals surface area contributed by atoms with E-state index in [1.165, 1.54) is 0 Å². The molecule has 1 saturated heterocycles. The van der Waals surface area contributed by atoms with Crippen molar-refractivity contribution in [1.29, 1.82) is 0 Å². The molecular weight excluding hydrogens is 192 g/mol. The van der Waals surface area contributed by atoms with Crippen molar-refractivity contribution in [2.45, 2.75) is 46.5 Å². The lowest BCUT2D eigenvalue weighted by Crippen LogP contribution is -2.24. The van der Waals surface area contributed by atoms with E-state index in [1.54, 1.807) is 0 Å². The Hall–Kier alpha value is -0.860. The van der Waals surface area contributed by atoms with Gasteiger partial charge in [0.1, 0.15) is 5.78 Å². The van der Waals surface area contributed by atoms with Crippen LogP contribution >= 0.6 is 0 Å². The predicted octanol–water partition coefficient (Wildman–Crippen LogP) is 2.33. The van der Waals surface area contributed by atoms with E-state index < -0.39 is 0 Å². The van der Waals surface area contributed by atoms with Crippen LogP contribution in [0.2, 0.25) is 0 Å². The average molecular weight is 212 g/mol. The maximum atomic E-state index is 11.8. The van der Waals surface area contributed by atoms with Gasteiger partial charge in [-0.15, -0.1) is 0 Å². The van der Waals surface area contributed by atoms with Crippen molar-refractivity contribution in [2.75, 3.05) is 6.61 Å². The lowest BCUT2D eigenvalue weighted by atomic mass is 9.82. The van der Waals surface area contributed by atoms with Crippen LogP contribution < -0.4 is 0 Å². The van der Waals surface area contributed by atoms with E-state index in [4.69, 9.17) is 4.74 Å². The highest BCUT2D eigenvalue weighted by Crippen LogP contribution is 2.26. The fourth-order valence-corrected chi connectivity index (χ4v) is 1.64. The SMILES string of the molecule is CCC(C)(C)C(=O)CCC1CCOC1=O. The van der Waals surface area contributed by atoms with Gasteiger partial charge in [-0.2, -0.15) is 0 Å². The molecule has 86 valence electrons. The molecule has 1 atom stereocenters. The van der Waals surface area contributed by atoms with Crippen molar-refractivity contribution in [3.63, 3.8) is 0 Å². The minimum Gasteiger partial charge on any atom is -0.465 e. The number of hydrogen-bond donors (Lipinski definition) is 0. The van der Waals surface area contributed by atoms with Crippen LogP contribution in [-0.4, -0.2) is 18.4 Å². The van der Waals surface area contributed by atoms with E-state index in [1.807, 2.05) is 20.8 Å². The van der Waals surface area contributed by atoms with Gasteiger partial charge < -0.3 is 4.74 Å². The molecule has 0 N–H and O–H groups in total. The van der Waals surface area contributed by atoms with Crippen LogP contribution in [0.1, 0.15) is 46.5 Å². The van der Waals surface area contributed by atoms with Gasteiger partial charge in [0.15, 0.2) is 0 Å². The van der Waals surface area contributed by atoms with Gasteiger partial charge in [-0.1, -0.05) is 20.8 Å². The Morgan fingerprint density at radius 1 is 1.53 bits per heavy atom. The third-order valence-corrected chi connectivity index (χ3v) is 3.40. The van der Waals surface area contributed by atoms with Gasteiger partial charge in [-0.3, -0.25) is 9.59 Å². The lowest BCUT2D eigenvalue weighted by molar-refractivity contribution is -0.141. The molecule has 0 aromatic rings. The maximum absolute atomic E-state index is 11.8. The first-order valence-electron chi connectivity index (χ1n) is 5.67. The summed E-state index contributed by atoms with van der Waals surface area (Å²) < 4.78 is 4.86. The fourth-order valence-electron chi connectivity index (χ4n) is 1.64. The fraction of sp³-hybridized carbons (Fsp3) is 0.833. The number of rotatable bonds is 5. The molecule has 1 aliphatic rings. The molecule has 1 aliphatic heterocycles. The normalized spacial score (nSPS) is 21.5. The van der Waals surface area contributed by atoms with E-state index in [-0.39, 0.29) is 23.1 Å². The van der Waals surface area contributed by atoms with E-state index in [0.29, 0.717) is 19.4 Å². The molecule has 0 bridgehead atoms. The minimum atomic E-state index is -0.248. The van der Waals surface area contributed by atoms with Crippen LogP contribution in [0.25, 0.3) is 0 Å². The van der Waals surface area contributed by atoms with Crippen LogP contribution in [0, 0.1) is 11.3 Å². The highest BCUT2D eigenvalue weighted by Gasteiger charge is 2.30. The number of Topliss-reactive ketones (excluding diaryl/α,β-unsaturated/α-hetero) is 1. The van der Waals surface area contributed by atoms with Crippen LogP contribution in [0.3, 0.4) is 0 Å². The highest BCUT2D eigenvalue weighted by molar-refractivity contribution is 5.84. The van der Waals surface area contributed by atoms with Crippen LogP contribution in [-0.2, 0) is 14.3 Å². The third-order valence-electron chi connectivity index (χ3n) is 3.40. The minimum absolute atomic E-state index is 0.0402. The van der Waals surface area contributed by atoms with Crippen molar-refractivity contribution in [2.24, 2.45) is 11.3 Å². The second-order valence-corrected chi connectivity index (χ2v) is 4.85. The standard InChI is InChI=1S/C12H20O3/c1-4-12(2,3)10(13)6-5-9-7-8-15-11(9)14/h9H,4-8H2,1-3H3. The number of ether oxygens (including phenoxy) is 1. The molecule has 1 heterocycles. The smallest absolute Gasteiger partial charge is 0.309 e. The second kappa shape index (κ2) is 4.77. The monoisotopic (exact) mass is 212 g/mol. The van der Waals surface area contributed by atoms with Gasteiger partial charge in [0.2, 0.25) is 0 Å². The highest BCUT2D eigenvalue weighted by atomic mass is 16.5. The number of carbonyl (C=O) groups excluding carboxylic acids is 2. The number of ketones is 1. The summed E-state index contributed by atoms with van der Waals surface area (Å²) in [5, 5.41) is 0. The molecule has 1 rings (SSSR count). The first-order chi connectivity index (χ1) is 6.97. The summed E-state index contributed by atoms with van der Waals surface area (Å²) >= 11 is 0. The molecule has 15 heavy (non-hydrogen) atoms. The Bertz CT molecular complexity index is 256. The summed E-state index contributed by atoms with van der Waals surface area (Å²) in [6.45, 7) is 6.46. The summed E-state index contributed by atoms with van der Waals surface area (Å²) in [4.78, 5) is 23.0. The molecule has 0 amide bonds. The van der Waals surface area contributed by atoms with Crippen molar-refractivity contribution >= 4 is 11.8 Å². The van der Waals surface area contributed by atoms with Crippen LogP contribution in [0.5, 0.6) is 0 Å². The molecule has 0 saturated carbocycles. The quantitative estimate of drug-likeness (QED) is 0.657. The number of cyclic esters (lactones) is 1. The van der Waals surface area contributed by atoms with E-state index in [9.17, 15) is 9.59 Å². The largest absolute Gasteiger partial charge is 0.465 e. The Labute approximate surface area is 91.2 Å². The molecule has 0 spiro atoms. The zero-order chi connectivity index (χ0) is 11.5.